The number of benzene rings is 1. The summed E-state index contributed by atoms with van der Waals surface area (Å²) >= 11 is 0. The SMILES string of the molecule is O=C(Cn1ccc([N+](=O)[O-])n1)Nc1c(F)c(F)cc(F)c1F. The second-order valence-corrected chi connectivity index (χ2v) is 4.02. The summed E-state index contributed by atoms with van der Waals surface area (Å²) in [6.45, 7) is -0.648. The third-order valence-electron chi connectivity index (χ3n) is 2.50. The number of aromatic nitrogens is 2. The van der Waals surface area contributed by atoms with Gasteiger partial charge < -0.3 is 15.4 Å². The number of rotatable bonds is 4. The molecule has 0 saturated carbocycles. The Bertz CT molecular complexity index is 736. The van der Waals surface area contributed by atoms with E-state index in [-0.39, 0.29) is 6.07 Å². The molecule has 116 valence electrons. The molecule has 0 aliphatic carbocycles. The Balaban J connectivity index is 2.17. The number of nitro groups is 1. The summed E-state index contributed by atoms with van der Waals surface area (Å²) in [5, 5.41) is 15.4. The van der Waals surface area contributed by atoms with Crippen LogP contribution in [0.1, 0.15) is 0 Å². The van der Waals surface area contributed by atoms with Gasteiger partial charge in [-0.25, -0.2) is 17.6 Å². The minimum atomic E-state index is -1.77. The molecule has 11 heteroatoms. The van der Waals surface area contributed by atoms with E-state index in [0.29, 0.717) is 0 Å². The van der Waals surface area contributed by atoms with Crippen LogP contribution in [0.15, 0.2) is 18.3 Å². The van der Waals surface area contributed by atoms with Crippen molar-refractivity contribution in [1.29, 1.82) is 0 Å². The predicted octanol–water partition coefficient (Wildman–Crippen LogP) is 1.99. The lowest BCUT2D eigenvalue weighted by Gasteiger charge is -2.08. The Labute approximate surface area is 119 Å². The van der Waals surface area contributed by atoms with Crippen molar-refractivity contribution < 1.29 is 27.3 Å². The topological polar surface area (TPSA) is 90.1 Å². The van der Waals surface area contributed by atoms with E-state index >= 15 is 0 Å². The van der Waals surface area contributed by atoms with Crippen LogP contribution < -0.4 is 5.32 Å². The third-order valence-corrected chi connectivity index (χ3v) is 2.50. The lowest BCUT2D eigenvalue weighted by molar-refractivity contribution is -0.389. The van der Waals surface area contributed by atoms with Crippen molar-refractivity contribution in [3.05, 3.63) is 51.7 Å². The number of halogens is 4. The molecule has 0 radical (unpaired) electrons. The van der Waals surface area contributed by atoms with Gasteiger partial charge in [-0.1, -0.05) is 0 Å². The monoisotopic (exact) mass is 318 g/mol. The van der Waals surface area contributed by atoms with Gasteiger partial charge in [0.1, 0.15) is 12.2 Å². The van der Waals surface area contributed by atoms with E-state index in [1.165, 1.54) is 0 Å². The number of anilines is 1. The summed E-state index contributed by atoms with van der Waals surface area (Å²) in [5.74, 6) is -8.51. The molecule has 0 fully saturated rings. The molecule has 0 saturated heterocycles. The summed E-state index contributed by atoms with van der Waals surface area (Å²) < 4.78 is 53.4. The van der Waals surface area contributed by atoms with Crippen LogP contribution in [0.3, 0.4) is 0 Å². The summed E-state index contributed by atoms with van der Waals surface area (Å²) in [6, 6.07) is 0.994. The molecule has 0 unspecified atom stereocenters. The quantitative estimate of drug-likeness (QED) is 0.404. The van der Waals surface area contributed by atoms with Crippen LogP contribution in [0.4, 0.5) is 29.1 Å². The van der Waals surface area contributed by atoms with Crippen molar-refractivity contribution in [2.24, 2.45) is 0 Å². The Morgan fingerprint density at radius 1 is 1.27 bits per heavy atom. The first-order valence-electron chi connectivity index (χ1n) is 5.60. The second kappa shape index (κ2) is 5.79. The van der Waals surface area contributed by atoms with Gasteiger partial charge in [-0.05, 0) is 4.92 Å². The highest BCUT2D eigenvalue weighted by Crippen LogP contribution is 2.24. The maximum absolute atomic E-state index is 13.3. The molecule has 0 aliphatic heterocycles. The van der Waals surface area contributed by atoms with E-state index in [1.807, 2.05) is 0 Å². The summed E-state index contributed by atoms with van der Waals surface area (Å²) in [5.41, 5.74) is -1.29. The van der Waals surface area contributed by atoms with Gasteiger partial charge in [0, 0.05) is 6.07 Å². The van der Waals surface area contributed by atoms with Gasteiger partial charge in [-0.15, -0.1) is 0 Å². The van der Waals surface area contributed by atoms with Gasteiger partial charge in [0.05, 0.1) is 17.4 Å². The molecule has 1 aromatic carbocycles. The third kappa shape index (κ3) is 3.02. The number of amides is 1. The van der Waals surface area contributed by atoms with Gasteiger partial charge >= 0.3 is 5.82 Å². The van der Waals surface area contributed by atoms with E-state index in [9.17, 15) is 32.5 Å². The average molecular weight is 318 g/mol. The molecule has 1 heterocycles. The molecule has 22 heavy (non-hydrogen) atoms. The van der Waals surface area contributed by atoms with Crippen molar-refractivity contribution in [2.75, 3.05) is 5.32 Å². The van der Waals surface area contributed by atoms with E-state index < -0.39 is 52.1 Å². The molecular weight excluding hydrogens is 312 g/mol. The lowest BCUT2D eigenvalue weighted by atomic mass is 10.2. The molecule has 0 bridgehead atoms. The van der Waals surface area contributed by atoms with E-state index in [2.05, 4.69) is 5.10 Å². The molecule has 7 nitrogen and oxygen atoms in total. The number of hydrogen-bond donors (Lipinski definition) is 1. The minimum Gasteiger partial charge on any atom is -0.358 e. The number of carbonyl (C=O) groups excluding carboxylic acids is 1. The van der Waals surface area contributed by atoms with Crippen molar-refractivity contribution in [3.63, 3.8) is 0 Å². The van der Waals surface area contributed by atoms with Crippen LogP contribution in [-0.2, 0) is 11.3 Å². The first-order valence-corrected chi connectivity index (χ1v) is 5.60. The molecule has 2 aromatic rings. The Kier molecular flexibility index (Phi) is 4.06. The number of hydrogen-bond acceptors (Lipinski definition) is 4. The number of nitrogens with zero attached hydrogens (tertiary/aromatic N) is 3. The fourth-order valence-corrected chi connectivity index (χ4v) is 1.55. The van der Waals surface area contributed by atoms with E-state index in [0.717, 1.165) is 16.9 Å². The van der Waals surface area contributed by atoms with Crippen molar-refractivity contribution >= 4 is 17.4 Å². The maximum Gasteiger partial charge on any atom is 0.389 e. The first-order chi connectivity index (χ1) is 10.3. The lowest BCUT2D eigenvalue weighted by Crippen LogP contribution is -2.21. The van der Waals surface area contributed by atoms with Crippen LogP contribution in [0.2, 0.25) is 0 Å². The molecule has 1 N–H and O–H groups in total. The van der Waals surface area contributed by atoms with E-state index in [1.54, 1.807) is 5.32 Å². The zero-order chi connectivity index (χ0) is 16.4. The van der Waals surface area contributed by atoms with Gasteiger partial charge in [-0.2, -0.15) is 4.68 Å². The molecule has 1 amide bonds. The predicted molar refractivity (Wildman–Crippen MR) is 63.8 cm³/mol. The Morgan fingerprint density at radius 3 is 2.36 bits per heavy atom. The Morgan fingerprint density at radius 2 is 1.86 bits per heavy atom. The normalized spacial score (nSPS) is 10.5. The molecular formula is C11H6F4N4O3. The summed E-state index contributed by atoms with van der Waals surface area (Å²) in [7, 11) is 0. The highest BCUT2D eigenvalue weighted by molar-refractivity contribution is 5.90. The average Bonchev–Trinajstić information content (AvgIpc) is 2.90. The summed E-state index contributed by atoms with van der Waals surface area (Å²) in [6.07, 6.45) is 1.08. The van der Waals surface area contributed by atoms with Crippen LogP contribution in [-0.4, -0.2) is 20.6 Å². The zero-order valence-corrected chi connectivity index (χ0v) is 10.5. The maximum atomic E-state index is 13.3. The second-order valence-electron chi connectivity index (χ2n) is 4.02. The van der Waals surface area contributed by atoms with Crippen molar-refractivity contribution in [1.82, 2.24) is 9.78 Å². The van der Waals surface area contributed by atoms with Gasteiger partial charge in [0.25, 0.3) is 0 Å². The van der Waals surface area contributed by atoms with Crippen LogP contribution >= 0.6 is 0 Å². The molecule has 0 spiro atoms. The smallest absolute Gasteiger partial charge is 0.358 e. The standard InChI is InChI=1S/C11H6F4N4O3/c12-5-3-6(13)10(15)11(9(5)14)16-8(20)4-18-2-1-7(17-18)19(21)22/h1-3H,4H2,(H,16,20). The van der Waals surface area contributed by atoms with Crippen molar-refractivity contribution in [2.45, 2.75) is 6.54 Å². The Hall–Kier alpha value is -2.98. The van der Waals surface area contributed by atoms with E-state index in [4.69, 9.17) is 0 Å². The highest BCUT2D eigenvalue weighted by atomic mass is 19.2. The van der Waals surface area contributed by atoms with Gasteiger partial charge in [-0.3, -0.25) is 4.79 Å². The largest absolute Gasteiger partial charge is 0.389 e. The van der Waals surface area contributed by atoms with Crippen molar-refractivity contribution in [3.8, 4) is 0 Å². The van der Waals surface area contributed by atoms with Crippen LogP contribution in [0.5, 0.6) is 0 Å². The molecule has 1 aromatic heterocycles. The van der Waals surface area contributed by atoms with Gasteiger partial charge in [0.15, 0.2) is 23.3 Å². The van der Waals surface area contributed by atoms with Crippen LogP contribution in [0, 0.1) is 33.4 Å². The fraction of sp³-hybridized carbons (Fsp3) is 0.0909. The molecule has 2 rings (SSSR count). The van der Waals surface area contributed by atoms with Gasteiger partial charge in [0.2, 0.25) is 5.91 Å². The zero-order valence-electron chi connectivity index (χ0n) is 10.5. The first kappa shape index (κ1) is 15.4. The number of nitrogens with one attached hydrogen (secondary N) is 1. The fourth-order valence-electron chi connectivity index (χ4n) is 1.55. The van der Waals surface area contributed by atoms with Crippen LogP contribution in [0.25, 0.3) is 0 Å². The molecule has 0 aliphatic rings. The highest BCUT2D eigenvalue weighted by Gasteiger charge is 2.21. The summed E-state index contributed by atoms with van der Waals surface area (Å²) in [4.78, 5) is 21.2. The number of carbonyl (C=O) groups is 1. The molecule has 0 atom stereocenters. The minimum absolute atomic E-state index is 0.00279.